The monoisotopic (exact) mass is 389 g/mol. The van der Waals surface area contributed by atoms with E-state index in [1.165, 1.54) is 6.07 Å². The van der Waals surface area contributed by atoms with Gasteiger partial charge in [0.05, 0.1) is 19.8 Å². The molecule has 1 atom stereocenters. The van der Waals surface area contributed by atoms with Crippen LogP contribution in [0.1, 0.15) is 23.4 Å². The van der Waals surface area contributed by atoms with Crippen molar-refractivity contribution in [2.24, 2.45) is 5.92 Å². The molecular weight excluding hydrogens is 365 g/mol. The third-order valence-corrected chi connectivity index (χ3v) is 5.16. The lowest BCUT2D eigenvalue weighted by molar-refractivity contribution is 0.0591. The highest BCUT2D eigenvalue weighted by atomic mass is 19.1. The Hall–Kier alpha value is -2.61. The van der Waals surface area contributed by atoms with Crippen molar-refractivity contribution < 1.29 is 23.2 Å². The minimum Gasteiger partial charge on any atom is -0.490 e. The molecule has 2 aliphatic rings. The van der Waals surface area contributed by atoms with Crippen molar-refractivity contribution in [1.82, 2.24) is 10.1 Å². The first-order chi connectivity index (χ1) is 13.7. The van der Waals surface area contributed by atoms with E-state index in [-0.39, 0.29) is 29.2 Å². The quantitative estimate of drug-likeness (QED) is 0.783. The predicted octanol–water partition coefficient (Wildman–Crippen LogP) is 2.58. The van der Waals surface area contributed by atoms with Crippen LogP contribution in [0.2, 0.25) is 0 Å². The number of piperidine rings is 1. The number of rotatable bonds is 5. The summed E-state index contributed by atoms with van der Waals surface area (Å²) in [4.78, 5) is 16.6. The van der Waals surface area contributed by atoms with Gasteiger partial charge in [0, 0.05) is 38.2 Å². The first kappa shape index (κ1) is 18.7. The van der Waals surface area contributed by atoms with Gasteiger partial charge in [0.15, 0.2) is 17.4 Å². The molecule has 1 aromatic carbocycles. The van der Waals surface area contributed by atoms with Gasteiger partial charge >= 0.3 is 0 Å². The van der Waals surface area contributed by atoms with Crippen molar-refractivity contribution in [3.8, 4) is 5.75 Å². The molecule has 1 amide bonds. The summed E-state index contributed by atoms with van der Waals surface area (Å²) in [6, 6.07) is 8.06. The molecule has 2 aliphatic heterocycles. The van der Waals surface area contributed by atoms with Crippen LogP contribution in [0.25, 0.3) is 0 Å². The molecule has 4 rings (SSSR count). The molecule has 7 nitrogen and oxygen atoms in total. The highest BCUT2D eigenvalue weighted by Crippen LogP contribution is 2.23. The third-order valence-electron chi connectivity index (χ3n) is 5.16. The number of hydrogen-bond acceptors (Lipinski definition) is 6. The van der Waals surface area contributed by atoms with E-state index in [1.807, 2.05) is 4.90 Å². The summed E-state index contributed by atoms with van der Waals surface area (Å²) >= 11 is 0. The number of nitrogens with zero attached hydrogens (tertiary/aromatic N) is 3. The normalized spacial score (nSPS) is 20.2. The Labute approximate surface area is 163 Å². The Balaban J connectivity index is 1.34. The maximum absolute atomic E-state index is 13.7. The summed E-state index contributed by atoms with van der Waals surface area (Å²) < 4.78 is 30.0. The van der Waals surface area contributed by atoms with Crippen molar-refractivity contribution in [2.75, 3.05) is 50.9 Å². The number of ether oxygens (including phenoxy) is 2. The zero-order valence-corrected chi connectivity index (χ0v) is 15.7. The highest BCUT2D eigenvalue weighted by molar-refractivity contribution is 5.92. The Bertz CT molecular complexity index is 806. The first-order valence-corrected chi connectivity index (χ1v) is 9.67. The number of amides is 1. The average molecular weight is 389 g/mol. The van der Waals surface area contributed by atoms with Gasteiger partial charge in [-0.25, -0.2) is 4.39 Å². The van der Waals surface area contributed by atoms with Crippen LogP contribution in [-0.2, 0) is 4.74 Å². The van der Waals surface area contributed by atoms with Crippen LogP contribution in [-0.4, -0.2) is 62.0 Å². The van der Waals surface area contributed by atoms with Crippen LogP contribution >= 0.6 is 0 Å². The molecule has 150 valence electrons. The molecule has 28 heavy (non-hydrogen) atoms. The Morgan fingerprint density at radius 1 is 1.25 bits per heavy atom. The minimum atomic E-state index is -0.372. The van der Waals surface area contributed by atoms with Crippen LogP contribution in [0, 0.1) is 11.7 Å². The number of hydrogen-bond donors (Lipinski definition) is 0. The molecule has 2 aromatic rings. The van der Waals surface area contributed by atoms with Gasteiger partial charge in [0.25, 0.3) is 5.91 Å². The van der Waals surface area contributed by atoms with Crippen LogP contribution < -0.4 is 9.64 Å². The number of benzene rings is 1. The second-order valence-electron chi connectivity index (χ2n) is 7.15. The van der Waals surface area contributed by atoms with Crippen molar-refractivity contribution in [1.29, 1.82) is 0 Å². The zero-order valence-electron chi connectivity index (χ0n) is 15.7. The lowest BCUT2D eigenvalue weighted by Crippen LogP contribution is -2.41. The topological polar surface area (TPSA) is 68.0 Å². The first-order valence-electron chi connectivity index (χ1n) is 9.67. The van der Waals surface area contributed by atoms with Crippen LogP contribution in [0.5, 0.6) is 5.75 Å². The summed E-state index contributed by atoms with van der Waals surface area (Å²) in [6.45, 7) is 4.36. The summed E-state index contributed by atoms with van der Waals surface area (Å²) in [7, 11) is 0. The van der Waals surface area contributed by atoms with Gasteiger partial charge in [-0.1, -0.05) is 17.3 Å². The van der Waals surface area contributed by atoms with E-state index >= 15 is 0 Å². The molecule has 2 saturated heterocycles. The molecular formula is C20H24FN3O4. The number of para-hydroxylation sites is 1. The van der Waals surface area contributed by atoms with E-state index in [0.29, 0.717) is 38.7 Å². The minimum absolute atomic E-state index is 0.152. The van der Waals surface area contributed by atoms with E-state index in [4.69, 9.17) is 14.0 Å². The fraction of sp³-hybridized carbons (Fsp3) is 0.500. The van der Waals surface area contributed by atoms with E-state index in [9.17, 15) is 9.18 Å². The Morgan fingerprint density at radius 3 is 2.89 bits per heavy atom. The second-order valence-corrected chi connectivity index (χ2v) is 7.15. The van der Waals surface area contributed by atoms with Gasteiger partial charge in [0.2, 0.25) is 5.76 Å². The maximum Gasteiger partial charge on any atom is 0.292 e. The molecule has 0 radical (unpaired) electrons. The van der Waals surface area contributed by atoms with Gasteiger partial charge in [-0.15, -0.1) is 0 Å². The molecule has 0 saturated carbocycles. The Morgan fingerprint density at radius 2 is 2.07 bits per heavy atom. The van der Waals surface area contributed by atoms with E-state index in [1.54, 1.807) is 29.2 Å². The largest absolute Gasteiger partial charge is 0.490 e. The summed E-state index contributed by atoms with van der Waals surface area (Å²) in [5.41, 5.74) is 0. The molecule has 2 fully saturated rings. The fourth-order valence-corrected chi connectivity index (χ4v) is 3.62. The highest BCUT2D eigenvalue weighted by Gasteiger charge is 2.28. The average Bonchev–Trinajstić information content (AvgIpc) is 3.24. The van der Waals surface area contributed by atoms with Crippen molar-refractivity contribution in [3.63, 3.8) is 0 Å². The molecule has 1 unspecified atom stereocenters. The standard InChI is InChI=1S/C20H24FN3O4/c21-16-5-1-2-6-17(16)27-14-15-4-3-7-24(13-15)20(25)18-12-19(22-28-18)23-8-10-26-11-9-23/h1-2,5-6,12,15H,3-4,7-11,13-14H2. The van der Waals surface area contributed by atoms with Crippen molar-refractivity contribution in [3.05, 3.63) is 41.9 Å². The van der Waals surface area contributed by atoms with Gasteiger partial charge < -0.3 is 23.8 Å². The number of morpholine rings is 1. The lowest BCUT2D eigenvalue weighted by Gasteiger charge is -2.32. The molecule has 0 N–H and O–H groups in total. The molecule has 3 heterocycles. The molecule has 0 bridgehead atoms. The van der Waals surface area contributed by atoms with Gasteiger partial charge in [-0.2, -0.15) is 0 Å². The predicted molar refractivity (Wildman–Crippen MR) is 100 cm³/mol. The van der Waals surface area contributed by atoms with Crippen LogP contribution in [0.4, 0.5) is 10.2 Å². The van der Waals surface area contributed by atoms with Gasteiger partial charge in [-0.05, 0) is 25.0 Å². The number of likely N-dealkylation sites (tertiary alicyclic amines) is 1. The SMILES string of the molecule is O=C(c1cc(N2CCOCC2)no1)N1CCCC(COc2ccccc2F)C1. The second kappa shape index (κ2) is 8.60. The molecule has 0 aliphatic carbocycles. The summed E-state index contributed by atoms with van der Waals surface area (Å²) in [5.74, 6) is 0.779. The number of aromatic nitrogens is 1. The molecule has 1 aromatic heterocycles. The molecule has 0 spiro atoms. The van der Waals surface area contributed by atoms with E-state index in [2.05, 4.69) is 5.16 Å². The summed E-state index contributed by atoms with van der Waals surface area (Å²) in [6.07, 6.45) is 1.81. The Kier molecular flexibility index (Phi) is 5.76. The van der Waals surface area contributed by atoms with Crippen LogP contribution in [0.15, 0.2) is 34.9 Å². The van der Waals surface area contributed by atoms with Gasteiger partial charge in [0.1, 0.15) is 0 Å². The molecule has 8 heteroatoms. The number of carbonyl (C=O) groups is 1. The number of halogens is 1. The van der Waals surface area contributed by atoms with Crippen molar-refractivity contribution >= 4 is 11.7 Å². The zero-order chi connectivity index (χ0) is 19.3. The van der Waals surface area contributed by atoms with E-state index in [0.717, 1.165) is 25.9 Å². The number of anilines is 1. The lowest BCUT2D eigenvalue weighted by atomic mass is 9.98. The van der Waals surface area contributed by atoms with Crippen molar-refractivity contribution in [2.45, 2.75) is 12.8 Å². The van der Waals surface area contributed by atoms with E-state index < -0.39 is 0 Å². The summed E-state index contributed by atoms with van der Waals surface area (Å²) in [5, 5.41) is 4.04. The van der Waals surface area contributed by atoms with Crippen LogP contribution in [0.3, 0.4) is 0 Å². The number of carbonyl (C=O) groups excluding carboxylic acids is 1. The smallest absolute Gasteiger partial charge is 0.292 e. The van der Waals surface area contributed by atoms with Gasteiger partial charge in [-0.3, -0.25) is 4.79 Å². The fourth-order valence-electron chi connectivity index (χ4n) is 3.62. The maximum atomic E-state index is 13.7. The third kappa shape index (κ3) is 4.27.